The molecule has 0 unspecified atom stereocenters. The fourth-order valence-corrected chi connectivity index (χ4v) is 0.428. The van der Waals surface area contributed by atoms with Crippen LogP contribution in [0.2, 0.25) is 0 Å². The normalized spacial score (nSPS) is 8.23. The van der Waals surface area contributed by atoms with E-state index in [1.807, 2.05) is 0 Å². The number of aliphatic carboxylic acids is 4. The van der Waals surface area contributed by atoms with Crippen LogP contribution < -0.4 is 11.5 Å². The fraction of sp³-hybridized carbons (Fsp3) is 0.455. The summed E-state index contributed by atoms with van der Waals surface area (Å²) in [5, 5.41) is 39.9. The molecule has 0 heterocycles. The number of carboxylic acid groups (broad SMARTS) is 4. The number of hydrogen-bond acceptors (Lipinski definition) is 7. The number of rotatable bonds is 6. The Hall–Kier alpha value is -2.98. The molecule has 0 saturated heterocycles. The van der Waals surface area contributed by atoms with Crippen LogP contribution in [0, 0.1) is 0 Å². The third kappa shape index (κ3) is 36.0. The van der Waals surface area contributed by atoms with Gasteiger partial charge in [-0.3, -0.25) is 19.2 Å². The lowest BCUT2D eigenvalue weighted by molar-refractivity contribution is -0.143. The van der Waals surface area contributed by atoms with Crippen molar-refractivity contribution in [3.8, 4) is 0 Å². The van der Waals surface area contributed by atoms with E-state index >= 15 is 0 Å². The lowest BCUT2D eigenvalue weighted by atomic mass is 10.3. The molecule has 0 radical (unpaired) electrons. The Morgan fingerprint density at radius 1 is 0.636 bits per heavy atom. The zero-order valence-corrected chi connectivity index (χ0v) is 11.9. The van der Waals surface area contributed by atoms with Crippen LogP contribution in [-0.4, -0.2) is 49.4 Å². The van der Waals surface area contributed by atoms with Gasteiger partial charge in [0.1, 0.15) is 11.6 Å². The molecule has 0 bridgehead atoms. The van der Waals surface area contributed by atoms with Gasteiger partial charge in [-0.2, -0.15) is 0 Å². The minimum absolute atomic E-state index is 0.0185. The van der Waals surface area contributed by atoms with Gasteiger partial charge in [0, 0.05) is 0 Å². The van der Waals surface area contributed by atoms with Crippen LogP contribution in [0.3, 0.4) is 0 Å². The first-order valence-electron chi connectivity index (χ1n) is 5.68. The molecule has 22 heavy (non-hydrogen) atoms. The van der Waals surface area contributed by atoms with Crippen molar-refractivity contribution in [2.45, 2.75) is 32.6 Å². The van der Waals surface area contributed by atoms with Crippen molar-refractivity contribution in [1.82, 2.24) is 0 Å². The number of nitrogens with two attached hydrogens (primary N) is 2. The van der Waals surface area contributed by atoms with E-state index in [0.29, 0.717) is 0 Å². The summed E-state index contributed by atoms with van der Waals surface area (Å²) in [6.45, 7) is 1.43. The van der Waals surface area contributed by atoms with Gasteiger partial charge in [-0.05, 0) is 6.92 Å². The zero-order chi connectivity index (χ0) is 18.3. The minimum atomic E-state index is -1.08. The molecule has 0 saturated carbocycles. The molecule has 128 valence electrons. The third-order valence-corrected chi connectivity index (χ3v) is 1.52. The first-order chi connectivity index (χ1) is 9.89. The largest absolute Gasteiger partial charge is 0.509 e. The molecule has 0 aliphatic rings. The van der Waals surface area contributed by atoms with E-state index in [0.717, 1.165) is 0 Å². The van der Waals surface area contributed by atoms with Crippen molar-refractivity contribution in [1.29, 1.82) is 0 Å². The van der Waals surface area contributed by atoms with Gasteiger partial charge in [0.05, 0.1) is 25.7 Å². The Kier molecular flexibility index (Phi) is 15.8. The number of carbonyl (C=O) groups is 4. The molecule has 0 aromatic rings. The summed E-state index contributed by atoms with van der Waals surface area (Å²) < 4.78 is 0. The first kappa shape index (κ1) is 24.1. The SMILES string of the molecule is CC(O)=C(N)N.O=C(O)CCC(=O)O.O=C(O)CCC(=O)O. The topological polar surface area (TPSA) is 221 Å². The van der Waals surface area contributed by atoms with Crippen LogP contribution in [0.1, 0.15) is 32.6 Å². The predicted molar refractivity (Wildman–Crippen MR) is 72.7 cm³/mol. The quantitative estimate of drug-likeness (QED) is 0.309. The number of carboxylic acids is 4. The van der Waals surface area contributed by atoms with Crippen LogP contribution >= 0.6 is 0 Å². The van der Waals surface area contributed by atoms with Gasteiger partial charge in [-0.25, -0.2) is 0 Å². The molecule has 0 rings (SSSR count). The highest BCUT2D eigenvalue weighted by Crippen LogP contribution is 1.86. The summed E-state index contributed by atoms with van der Waals surface area (Å²) in [7, 11) is 0. The second-order valence-electron chi connectivity index (χ2n) is 3.62. The average molecular weight is 324 g/mol. The van der Waals surface area contributed by atoms with E-state index in [9.17, 15) is 19.2 Å². The Labute approximate surface area is 125 Å². The summed E-state index contributed by atoms with van der Waals surface area (Å²) in [6, 6.07) is 0. The van der Waals surface area contributed by atoms with Gasteiger partial charge >= 0.3 is 23.9 Å². The summed E-state index contributed by atoms with van der Waals surface area (Å²) in [5.74, 6) is -4.34. The Balaban J connectivity index is -0.000000249. The van der Waals surface area contributed by atoms with Crippen molar-refractivity contribution < 1.29 is 44.7 Å². The van der Waals surface area contributed by atoms with Gasteiger partial charge in [0.25, 0.3) is 0 Å². The molecule has 0 atom stereocenters. The van der Waals surface area contributed by atoms with Crippen LogP contribution in [0.15, 0.2) is 11.6 Å². The number of allylic oxidation sites excluding steroid dienone is 1. The fourth-order valence-electron chi connectivity index (χ4n) is 0.428. The Morgan fingerprint density at radius 2 is 0.773 bits per heavy atom. The van der Waals surface area contributed by atoms with Crippen LogP contribution in [0.25, 0.3) is 0 Å². The first-order valence-corrected chi connectivity index (χ1v) is 5.68. The van der Waals surface area contributed by atoms with Crippen LogP contribution in [-0.2, 0) is 19.2 Å². The average Bonchev–Trinajstić information content (AvgIpc) is 2.35. The van der Waals surface area contributed by atoms with E-state index < -0.39 is 23.9 Å². The summed E-state index contributed by atoms with van der Waals surface area (Å²) in [4.78, 5) is 38.6. The third-order valence-electron chi connectivity index (χ3n) is 1.52. The molecule has 11 nitrogen and oxygen atoms in total. The van der Waals surface area contributed by atoms with Gasteiger partial charge in [-0.15, -0.1) is 0 Å². The van der Waals surface area contributed by atoms with Gasteiger partial charge < -0.3 is 37.0 Å². The molecule has 0 aliphatic carbocycles. The molecule has 0 aromatic carbocycles. The van der Waals surface area contributed by atoms with Crippen molar-refractivity contribution in [2.24, 2.45) is 11.5 Å². The van der Waals surface area contributed by atoms with Gasteiger partial charge in [0.2, 0.25) is 0 Å². The highest BCUT2D eigenvalue weighted by atomic mass is 16.4. The van der Waals surface area contributed by atoms with Crippen LogP contribution in [0.5, 0.6) is 0 Å². The van der Waals surface area contributed by atoms with Crippen molar-refractivity contribution >= 4 is 23.9 Å². The number of aliphatic hydroxyl groups excluding tert-OH is 1. The molecule has 11 heteroatoms. The molecular weight excluding hydrogens is 304 g/mol. The summed E-state index contributed by atoms with van der Waals surface area (Å²) in [5.41, 5.74) is 9.69. The second-order valence-corrected chi connectivity index (χ2v) is 3.62. The molecule has 9 N–H and O–H groups in total. The van der Waals surface area contributed by atoms with E-state index in [1.54, 1.807) is 0 Å². The predicted octanol–water partition coefficient (Wildman–Crippen LogP) is -0.478. The van der Waals surface area contributed by atoms with E-state index in [2.05, 4.69) is 0 Å². The van der Waals surface area contributed by atoms with Gasteiger partial charge in [0.15, 0.2) is 0 Å². The number of hydrogen-bond donors (Lipinski definition) is 7. The zero-order valence-electron chi connectivity index (χ0n) is 11.9. The second kappa shape index (κ2) is 14.4. The minimum Gasteiger partial charge on any atom is -0.509 e. The van der Waals surface area contributed by atoms with Crippen molar-refractivity contribution in [3.63, 3.8) is 0 Å². The Bertz CT molecular complexity index is 344. The highest BCUT2D eigenvalue weighted by Gasteiger charge is 2.01. The number of aliphatic hydroxyl groups is 1. The molecular formula is C11H20N2O9. The van der Waals surface area contributed by atoms with E-state index in [1.165, 1.54) is 6.92 Å². The maximum Gasteiger partial charge on any atom is 0.303 e. The molecule has 0 amide bonds. The van der Waals surface area contributed by atoms with Crippen LogP contribution in [0.4, 0.5) is 0 Å². The standard InChI is InChI=1S/2C4H6O4.C3H8N2O/c2*5-3(6)1-2-4(7)8;1-2(6)3(4)5/h2*1-2H2,(H,5,6)(H,7,8);6H,4-5H2,1H3. The molecule has 0 aromatic heterocycles. The van der Waals surface area contributed by atoms with Gasteiger partial charge in [-0.1, -0.05) is 0 Å². The van der Waals surface area contributed by atoms with E-state index in [-0.39, 0.29) is 37.3 Å². The molecule has 0 fully saturated rings. The smallest absolute Gasteiger partial charge is 0.303 e. The summed E-state index contributed by atoms with van der Waals surface area (Å²) >= 11 is 0. The molecule has 0 spiro atoms. The maximum atomic E-state index is 9.64. The lowest BCUT2D eigenvalue weighted by Crippen LogP contribution is -2.10. The Morgan fingerprint density at radius 3 is 0.818 bits per heavy atom. The lowest BCUT2D eigenvalue weighted by Gasteiger charge is -1.88. The highest BCUT2D eigenvalue weighted by molar-refractivity contribution is 5.75. The van der Waals surface area contributed by atoms with Crippen molar-refractivity contribution in [2.75, 3.05) is 0 Å². The maximum absolute atomic E-state index is 9.64. The summed E-state index contributed by atoms with van der Waals surface area (Å²) in [6.07, 6.45) is -1.19. The monoisotopic (exact) mass is 324 g/mol. The van der Waals surface area contributed by atoms with E-state index in [4.69, 9.17) is 37.0 Å². The van der Waals surface area contributed by atoms with Crippen molar-refractivity contribution in [3.05, 3.63) is 11.6 Å². The molecule has 0 aliphatic heterocycles.